The highest BCUT2D eigenvalue weighted by atomic mass is 16.5. The van der Waals surface area contributed by atoms with E-state index in [1.54, 1.807) is 13.4 Å². The lowest BCUT2D eigenvalue weighted by Crippen LogP contribution is -2.37. The van der Waals surface area contributed by atoms with Crippen molar-refractivity contribution in [1.29, 1.82) is 0 Å². The highest BCUT2D eigenvalue weighted by Crippen LogP contribution is 2.27. The van der Waals surface area contributed by atoms with E-state index in [0.29, 0.717) is 13.0 Å². The largest absolute Gasteiger partial charge is 0.496 e. The van der Waals surface area contributed by atoms with Gasteiger partial charge in [0.25, 0.3) is 0 Å². The molecule has 1 aromatic carbocycles. The lowest BCUT2D eigenvalue weighted by Gasteiger charge is -2.29. The van der Waals surface area contributed by atoms with Crippen LogP contribution in [0.1, 0.15) is 24.7 Å². The van der Waals surface area contributed by atoms with Crippen LogP contribution >= 0.6 is 0 Å². The van der Waals surface area contributed by atoms with E-state index in [0.717, 1.165) is 35.6 Å². The minimum atomic E-state index is 0.117. The predicted molar refractivity (Wildman–Crippen MR) is 89.2 cm³/mol. The molecule has 1 aromatic heterocycles. The Morgan fingerprint density at radius 1 is 1.26 bits per heavy atom. The summed E-state index contributed by atoms with van der Waals surface area (Å²) in [6.07, 6.45) is 2.91. The number of carbonyl (C=O) groups is 1. The molecular formula is C19H21NO3. The van der Waals surface area contributed by atoms with Crippen LogP contribution in [0.4, 0.5) is 0 Å². The number of amides is 1. The van der Waals surface area contributed by atoms with Crippen LogP contribution in [-0.2, 0) is 11.2 Å². The van der Waals surface area contributed by atoms with Gasteiger partial charge in [0, 0.05) is 24.2 Å². The molecule has 3 rings (SSSR count). The zero-order chi connectivity index (χ0) is 16.2. The molecule has 23 heavy (non-hydrogen) atoms. The van der Waals surface area contributed by atoms with Crippen molar-refractivity contribution in [3.63, 3.8) is 0 Å². The second-order valence-electron chi connectivity index (χ2n) is 5.79. The summed E-state index contributed by atoms with van der Waals surface area (Å²) in [6.45, 7) is 3.47. The van der Waals surface area contributed by atoms with E-state index in [2.05, 4.69) is 6.92 Å². The molecular weight excluding hydrogens is 290 g/mol. The average molecular weight is 311 g/mol. The van der Waals surface area contributed by atoms with Gasteiger partial charge in [-0.3, -0.25) is 4.79 Å². The molecule has 2 aromatic rings. The van der Waals surface area contributed by atoms with E-state index in [-0.39, 0.29) is 5.91 Å². The quantitative estimate of drug-likeness (QED) is 0.867. The summed E-state index contributed by atoms with van der Waals surface area (Å²) in [5, 5.41) is 0. The van der Waals surface area contributed by atoms with Crippen LogP contribution in [0.3, 0.4) is 0 Å². The number of hydrogen-bond donors (Lipinski definition) is 0. The van der Waals surface area contributed by atoms with Crippen LogP contribution in [0, 0.1) is 0 Å². The van der Waals surface area contributed by atoms with E-state index in [1.807, 2.05) is 41.3 Å². The number of hydrogen-bond acceptors (Lipinski definition) is 3. The molecule has 1 aliphatic heterocycles. The van der Waals surface area contributed by atoms with Crippen molar-refractivity contribution in [2.24, 2.45) is 0 Å². The molecule has 0 fully saturated rings. The Morgan fingerprint density at radius 2 is 2.09 bits per heavy atom. The zero-order valence-electron chi connectivity index (χ0n) is 13.5. The lowest BCUT2D eigenvalue weighted by molar-refractivity contribution is -0.130. The maximum atomic E-state index is 12.7. The summed E-state index contributed by atoms with van der Waals surface area (Å²) in [4.78, 5) is 14.6. The first-order valence-corrected chi connectivity index (χ1v) is 7.81. The van der Waals surface area contributed by atoms with Gasteiger partial charge in [0.05, 0.1) is 19.8 Å². The lowest BCUT2D eigenvalue weighted by atomic mass is 9.98. The Hall–Kier alpha value is -2.49. The van der Waals surface area contributed by atoms with Crippen molar-refractivity contribution >= 4 is 11.5 Å². The average Bonchev–Trinajstić information content (AvgIpc) is 3.10. The normalized spacial score (nSPS) is 15.0. The van der Waals surface area contributed by atoms with Crippen LogP contribution in [0.15, 0.2) is 52.7 Å². The topological polar surface area (TPSA) is 42.7 Å². The zero-order valence-corrected chi connectivity index (χ0v) is 13.5. The standard InChI is InChI=1S/C19H21NO3/c1-14-9-10-20(13-16(14)18-8-5-11-23-18)19(21)12-15-6-3-4-7-17(15)22-2/h3-8,11H,9-10,12-13H2,1-2H3. The maximum absolute atomic E-state index is 12.7. The number of benzene rings is 1. The second-order valence-corrected chi connectivity index (χ2v) is 5.79. The fourth-order valence-electron chi connectivity index (χ4n) is 2.93. The van der Waals surface area contributed by atoms with E-state index >= 15 is 0 Å². The van der Waals surface area contributed by atoms with Crippen LogP contribution in [0.5, 0.6) is 5.75 Å². The molecule has 0 unspecified atom stereocenters. The first-order chi connectivity index (χ1) is 11.2. The van der Waals surface area contributed by atoms with Crippen LogP contribution in [0.25, 0.3) is 5.57 Å². The number of furan rings is 1. The minimum absolute atomic E-state index is 0.117. The van der Waals surface area contributed by atoms with Gasteiger partial charge in [0.15, 0.2) is 0 Å². The molecule has 4 nitrogen and oxygen atoms in total. The molecule has 1 aliphatic rings. The molecule has 0 bridgehead atoms. The van der Waals surface area contributed by atoms with Crippen molar-refractivity contribution in [3.8, 4) is 5.75 Å². The third-order valence-corrected chi connectivity index (χ3v) is 4.33. The smallest absolute Gasteiger partial charge is 0.227 e. The number of ether oxygens (including phenoxy) is 1. The number of para-hydroxylation sites is 1. The van der Waals surface area contributed by atoms with Gasteiger partial charge in [-0.1, -0.05) is 23.8 Å². The first kappa shape index (κ1) is 15.4. The van der Waals surface area contributed by atoms with Gasteiger partial charge >= 0.3 is 0 Å². The summed E-state index contributed by atoms with van der Waals surface area (Å²) < 4.78 is 10.8. The van der Waals surface area contributed by atoms with Gasteiger partial charge in [-0.25, -0.2) is 0 Å². The molecule has 2 heterocycles. The maximum Gasteiger partial charge on any atom is 0.227 e. The molecule has 0 saturated heterocycles. The Kier molecular flexibility index (Phi) is 4.51. The third kappa shape index (κ3) is 3.31. The van der Waals surface area contributed by atoms with Crippen molar-refractivity contribution in [3.05, 3.63) is 59.6 Å². The Labute approximate surface area is 136 Å². The third-order valence-electron chi connectivity index (χ3n) is 4.33. The Bertz CT molecular complexity index is 716. The predicted octanol–water partition coefficient (Wildman–Crippen LogP) is 3.54. The first-order valence-electron chi connectivity index (χ1n) is 7.81. The van der Waals surface area contributed by atoms with E-state index in [4.69, 9.17) is 9.15 Å². The Morgan fingerprint density at radius 3 is 2.83 bits per heavy atom. The van der Waals surface area contributed by atoms with E-state index in [9.17, 15) is 4.79 Å². The fraction of sp³-hybridized carbons (Fsp3) is 0.316. The summed E-state index contributed by atoms with van der Waals surface area (Å²) in [5.41, 5.74) is 3.33. The van der Waals surface area contributed by atoms with Gasteiger partial charge in [-0.2, -0.15) is 0 Å². The van der Waals surface area contributed by atoms with Crippen molar-refractivity contribution in [1.82, 2.24) is 4.90 Å². The summed E-state index contributed by atoms with van der Waals surface area (Å²) in [7, 11) is 1.63. The molecule has 4 heteroatoms. The number of rotatable bonds is 4. The van der Waals surface area contributed by atoms with Gasteiger partial charge in [0.1, 0.15) is 11.5 Å². The van der Waals surface area contributed by atoms with E-state index < -0.39 is 0 Å². The van der Waals surface area contributed by atoms with Crippen LogP contribution < -0.4 is 4.74 Å². The molecule has 120 valence electrons. The number of nitrogens with zero attached hydrogens (tertiary/aromatic N) is 1. The van der Waals surface area contributed by atoms with Crippen molar-refractivity contribution in [2.75, 3.05) is 20.2 Å². The second kappa shape index (κ2) is 6.73. The SMILES string of the molecule is COc1ccccc1CC(=O)N1CCC(C)=C(c2ccco2)C1. The molecule has 1 amide bonds. The highest BCUT2D eigenvalue weighted by molar-refractivity contribution is 5.82. The van der Waals surface area contributed by atoms with Crippen LogP contribution in [0.2, 0.25) is 0 Å². The Balaban J connectivity index is 1.74. The summed E-state index contributed by atoms with van der Waals surface area (Å²) in [6, 6.07) is 11.5. The van der Waals surface area contributed by atoms with Gasteiger partial charge in [-0.15, -0.1) is 0 Å². The molecule has 0 spiro atoms. The summed E-state index contributed by atoms with van der Waals surface area (Å²) in [5.74, 6) is 1.74. The fourth-order valence-corrected chi connectivity index (χ4v) is 2.93. The minimum Gasteiger partial charge on any atom is -0.496 e. The molecule has 0 aliphatic carbocycles. The molecule has 0 atom stereocenters. The van der Waals surface area contributed by atoms with Crippen molar-refractivity contribution < 1.29 is 13.9 Å². The highest BCUT2D eigenvalue weighted by Gasteiger charge is 2.23. The van der Waals surface area contributed by atoms with Crippen LogP contribution in [-0.4, -0.2) is 31.0 Å². The summed E-state index contributed by atoms with van der Waals surface area (Å²) >= 11 is 0. The monoisotopic (exact) mass is 311 g/mol. The number of carbonyl (C=O) groups excluding carboxylic acids is 1. The molecule has 0 radical (unpaired) electrons. The van der Waals surface area contributed by atoms with Crippen molar-refractivity contribution in [2.45, 2.75) is 19.8 Å². The van der Waals surface area contributed by atoms with Gasteiger partial charge in [0.2, 0.25) is 5.91 Å². The molecule has 0 N–H and O–H groups in total. The van der Waals surface area contributed by atoms with Gasteiger partial charge < -0.3 is 14.1 Å². The van der Waals surface area contributed by atoms with Gasteiger partial charge in [-0.05, 0) is 31.5 Å². The molecule has 0 saturated carbocycles. The van der Waals surface area contributed by atoms with E-state index in [1.165, 1.54) is 5.57 Å². The number of methoxy groups -OCH3 is 1.